The Balaban J connectivity index is 1.91. The highest BCUT2D eigenvalue weighted by Gasteiger charge is 2.28. The molecule has 0 aliphatic carbocycles. The van der Waals surface area contributed by atoms with Crippen molar-refractivity contribution in [2.24, 2.45) is 0 Å². The van der Waals surface area contributed by atoms with Crippen LogP contribution < -0.4 is 4.90 Å². The van der Waals surface area contributed by atoms with E-state index in [0.29, 0.717) is 5.02 Å². The third-order valence-electron chi connectivity index (χ3n) is 4.54. The lowest BCUT2D eigenvalue weighted by Crippen LogP contribution is -2.35. The van der Waals surface area contributed by atoms with Crippen LogP contribution in [0, 0.1) is 0 Å². The average Bonchev–Trinajstić information content (AvgIpc) is 2.74. The number of halogens is 1. The summed E-state index contributed by atoms with van der Waals surface area (Å²) in [5, 5.41) is 0.617. The van der Waals surface area contributed by atoms with Gasteiger partial charge in [-0.05, 0) is 47.5 Å². The molecule has 1 atom stereocenters. The number of carbonyl (C=O) groups excluding carboxylic acids is 1. The van der Waals surface area contributed by atoms with Crippen molar-refractivity contribution in [2.75, 3.05) is 4.90 Å². The molecule has 0 saturated heterocycles. The number of nitrogens with zero attached hydrogens (tertiary/aromatic N) is 2. The zero-order valence-electron chi connectivity index (χ0n) is 14.5. The van der Waals surface area contributed by atoms with Gasteiger partial charge in [0.1, 0.15) is 12.3 Å². The number of allylic oxidation sites excluding steroid dienone is 2. The molecular formula is C23H17ClN2O. The first-order chi connectivity index (χ1) is 13.3. The molecule has 4 heteroatoms. The second-order valence-electron chi connectivity index (χ2n) is 6.20. The molecule has 4 rings (SSSR count). The highest BCUT2D eigenvalue weighted by atomic mass is 35.5. The molecule has 132 valence electrons. The Hall–Kier alpha value is -3.17. The summed E-state index contributed by atoms with van der Waals surface area (Å²) < 4.78 is 0. The Labute approximate surface area is 163 Å². The van der Waals surface area contributed by atoms with Crippen LogP contribution in [-0.4, -0.2) is 17.3 Å². The summed E-state index contributed by atoms with van der Waals surface area (Å²) in [4.78, 5) is 18.6. The molecule has 0 saturated carbocycles. The van der Waals surface area contributed by atoms with Crippen molar-refractivity contribution >= 4 is 34.7 Å². The zero-order chi connectivity index (χ0) is 18.6. The lowest BCUT2D eigenvalue weighted by Gasteiger charge is -2.33. The van der Waals surface area contributed by atoms with Gasteiger partial charge in [-0.3, -0.25) is 4.98 Å². The number of benzene rings is 2. The van der Waals surface area contributed by atoms with Gasteiger partial charge in [-0.25, -0.2) is 0 Å². The number of pyridine rings is 1. The maximum atomic E-state index is 12.1. The van der Waals surface area contributed by atoms with Crippen molar-refractivity contribution in [3.8, 4) is 0 Å². The second-order valence-corrected chi connectivity index (χ2v) is 6.61. The first-order valence-electron chi connectivity index (χ1n) is 8.66. The maximum absolute atomic E-state index is 12.1. The minimum absolute atomic E-state index is 0.472. The Bertz CT molecular complexity index is 1010. The summed E-state index contributed by atoms with van der Waals surface area (Å²) in [6.45, 7) is 0. The predicted octanol–water partition coefficient (Wildman–Crippen LogP) is 5.25. The molecule has 1 unspecified atom stereocenters. The third-order valence-corrected chi connectivity index (χ3v) is 4.87. The number of carbonyl (C=O) groups is 1. The van der Waals surface area contributed by atoms with Gasteiger partial charge in [0.2, 0.25) is 0 Å². The number of para-hydroxylation sites is 1. The van der Waals surface area contributed by atoms with E-state index >= 15 is 0 Å². The maximum Gasteiger partial charge on any atom is 0.147 e. The van der Waals surface area contributed by atoms with Crippen LogP contribution in [0.1, 0.15) is 11.3 Å². The van der Waals surface area contributed by atoms with Crippen LogP contribution in [0.3, 0.4) is 0 Å². The van der Waals surface area contributed by atoms with E-state index < -0.39 is 6.04 Å². The SMILES string of the molecule is O=CC1C(c2ccccc2Cl)=CC(c2ccccn2)=CN1c1ccccc1. The van der Waals surface area contributed by atoms with Crippen LogP contribution in [0.2, 0.25) is 5.02 Å². The van der Waals surface area contributed by atoms with Gasteiger partial charge >= 0.3 is 0 Å². The van der Waals surface area contributed by atoms with Gasteiger partial charge in [0, 0.05) is 28.7 Å². The van der Waals surface area contributed by atoms with Crippen molar-refractivity contribution in [3.63, 3.8) is 0 Å². The molecule has 1 aliphatic rings. The molecule has 3 aromatic rings. The van der Waals surface area contributed by atoms with Crippen LogP contribution in [0.4, 0.5) is 5.69 Å². The first-order valence-corrected chi connectivity index (χ1v) is 9.04. The van der Waals surface area contributed by atoms with Crippen molar-refractivity contribution in [1.82, 2.24) is 4.98 Å². The summed E-state index contributed by atoms with van der Waals surface area (Å²) in [6.07, 6.45) is 6.69. The number of aldehydes is 1. The van der Waals surface area contributed by atoms with Gasteiger partial charge in [0.15, 0.2) is 0 Å². The van der Waals surface area contributed by atoms with E-state index in [-0.39, 0.29) is 0 Å². The number of hydrogen-bond acceptors (Lipinski definition) is 3. The molecule has 1 aromatic heterocycles. The van der Waals surface area contributed by atoms with E-state index in [9.17, 15) is 4.79 Å². The van der Waals surface area contributed by atoms with Gasteiger partial charge in [-0.15, -0.1) is 0 Å². The van der Waals surface area contributed by atoms with E-state index in [1.165, 1.54) is 0 Å². The Kier molecular flexibility index (Phi) is 4.86. The first kappa shape index (κ1) is 17.3. The van der Waals surface area contributed by atoms with Crippen molar-refractivity contribution < 1.29 is 4.79 Å². The highest BCUT2D eigenvalue weighted by molar-refractivity contribution is 6.32. The Morgan fingerprint density at radius 2 is 1.67 bits per heavy atom. The Morgan fingerprint density at radius 3 is 2.37 bits per heavy atom. The number of aromatic nitrogens is 1. The van der Waals surface area contributed by atoms with E-state index in [1.807, 2.05) is 90.0 Å². The molecule has 3 nitrogen and oxygen atoms in total. The largest absolute Gasteiger partial charge is 0.333 e. The topological polar surface area (TPSA) is 33.2 Å². The zero-order valence-corrected chi connectivity index (χ0v) is 15.3. The van der Waals surface area contributed by atoms with Gasteiger partial charge in [-0.2, -0.15) is 0 Å². The molecule has 2 aromatic carbocycles. The predicted molar refractivity (Wildman–Crippen MR) is 110 cm³/mol. The molecular weight excluding hydrogens is 356 g/mol. The molecule has 2 heterocycles. The van der Waals surface area contributed by atoms with Crippen LogP contribution in [0.5, 0.6) is 0 Å². The van der Waals surface area contributed by atoms with Crippen LogP contribution in [0.25, 0.3) is 11.1 Å². The summed E-state index contributed by atoms with van der Waals surface area (Å²) in [5.74, 6) is 0. The van der Waals surface area contributed by atoms with Gasteiger partial charge in [0.25, 0.3) is 0 Å². The normalized spacial score (nSPS) is 16.5. The molecule has 0 spiro atoms. The average molecular weight is 373 g/mol. The van der Waals surface area contributed by atoms with Crippen molar-refractivity contribution in [3.05, 3.63) is 108 Å². The number of anilines is 1. The molecule has 27 heavy (non-hydrogen) atoms. The van der Waals surface area contributed by atoms with Crippen LogP contribution >= 0.6 is 11.6 Å². The Morgan fingerprint density at radius 1 is 0.926 bits per heavy atom. The summed E-state index contributed by atoms with van der Waals surface area (Å²) in [6, 6.07) is 22.7. The fraction of sp³-hybridized carbons (Fsp3) is 0.0435. The molecule has 0 amide bonds. The smallest absolute Gasteiger partial charge is 0.147 e. The quantitative estimate of drug-likeness (QED) is 0.586. The standard InChI is InChI=1S/C23H17ClN2O/c24-21-11-5-4-10-19(21)20-14-17(22-12-6-7-13-25-22)15-26(23(20)16-27)18-8-2-1-3-9-18/h1-16,23H. The van der Waals surface area contributed by atoms with Gasteiger partial charge < -0.3 is 9.69 Å². The summed E-state index contributed by atoms with van der Waals surface area (Å²) in [5.41, 5.74) is 4.39. The lowest BCUT2D eigenvalue weighted by molar-refractivity contribution is -0.107. The lowest BCUT2D eigenvalue weighted by atomic mass is 9.91. The molecule has 0 radical (unpaired) electrons. The molecule has 0 bridgehead atoms. The third kappa shape index (κ3) is 3.42. The van der Waals surface area contributed by atoms with Crippen molar-refractivity contribution in [2.45, 2.75) is 6.04 Å². The minimum atomic E-state index is -0.472. The molecule has 1 aliphatic heterocycles. The van der Waals surface area contributed by atoms with Crippen LogP contribution in [0.15, 0.2) is 91.3 Å². The number of rotatable bonds is 4. The molecule has 0 N–H and O–H groups in total. The van der Waals surface area contributed by atoms with Gasteiger partial charge in [-0.1, -0.05) is 54.1 Å². The van der Waals surface area contributed by atoms with E-state index in [2.05, 4.69) is 4.98 Å². The fourth-order valence-electron chi connectivity index (χ4n) is 3.25. The van der Waals surface area contributed by atoms with E-state index in [4.69, 9.17) is 11.6 Å². The minimum Gasteiger partial charge on any atom is -0.333 e. The highest BCUT2D eigenvalue weighted by Crippen LogP contribution is 2.36. The van der Waals surface area contributed by atoms with E-state index in [0.717, 1.165) is 34.4 Å². The monoisotopic (exact) mass is 372 g/mol. The fourth-order valence-corrected chi connectivity index (χ4v) is 3.50. The van der Waals surface area contributed by atoms with Gasteiger partial charge in [0.05, 0.1) is 5.69 Å². The molecule has 0 fully saturated rings. The van der Waals surface area contributed by atoms with Crippen molar-refractivity contribution in [1.29, 1.82) is 0 Å². The van der Waals surface area contributed by atoms with Crippen LogP contribution in [-0.2, 0) is 4.79 Å². The van der Waals surface area contributed by atoms with E-state index in [1.54, 1.807) is 6.20 Å². The summed E-state index contributed by atoms with van der Waals surface area (Å²) in [7, 11) is 0. The summed E-state index contributed by atoms with van der Waals surface area (Å²) >= 11 is 6.46. The number of hydrogen-bond donors (Lipinski definition) is 0. The second kappa shape index (κ2) is 7.60.